The molecule has 5 nitrogen and oxygen atoms in total. The van der Waals surface area contributed by atoms with Gasteiger partial charge >= 0.3 is 0 Å². The first-order valence-electron chi connectivity index (χ1n) is 17.2. The van der Waals surface area contributed by atoms with Crippen molar-refractivity contribution in [3.05, 3.63) is 152 Å². The van der Waals surface area contributed by atoms with Gasteiger partial charge in [-0.25, -0.2) is 9.97 Å². The topological polar surface area (TPSA) is 57.0 Å². The molecule has 0 atom stereocenters. The molecule has 0 saturated heterocycles. The van der Waals surface area contributed by atoms with Gasteiger partial charge in [-0.1, -0.05) is 109 Å². The van der Waals surface area contributed by atoms with Crippen molar-refractivity contribution in [3.8, 4) is 28.3 Å². The highest BCUT2D eigenvalue weighted by Crippen LogP contribution is 2.46. The molecule has 0 saturated carbocycles. The van der Waals surface area contributed by atoms with E-state index in [0.717, 1.165) is 93.5 Å². The molecule has 4 heterocycles. The van der Waals surface area contributed by atoms with Crippen LogP contribution in [0.4, 0.5) is 0 Å². The lowest BCUT2D eigenvalue weighted by molar-refractivity contribution is 0.664. The van der Waals surface area contributed by atoms with Gasteiger partial charge in [0.2, 0.25) is 0 Å². The van der Waals surface area contributed by atoms with Crippen molar-refractivity contribution in [2.45, 2.75) is 0 Å². The van der Waals surface area contributed by atoms with Crippen molar-refractivity contribution in [2.75, 3.05) is 0 Å². The van der Waals surface area contributed by atoms with Gasteiger partial charge < -0.3 is 13.4 Å². The van der Waals surface area contributed by atoms with Gasteiger partial charge in [0.05, 0.1) is 16.7 Å². The van der Waals surface area contributed by atoms with E-state index in [-0.39, 0.29) is 0 Å². The zero-order valence-electron chi connectivity index (χ0n) is 27.1. The molecule has 0 aliphatic heterocycles. The van der Waals surface area contributed by atoms with Crippen molar-refractivity contribution in [3.63, 3.8) is 0 Å². The Kier molecular flexibility index (Phi) is 5.17. The van der Waals surface area contributed by atoms with E-state index in [2.05, 4.69) is 120 Å². The maximum atomic E-state index is 6.66. The quantitative estimate of drug-likeness (QED) is 0.191. The van der Waals surface area contributed by atoms with Crippen LogP contribution < -0.4 is 0 Å². The summed E-state index contributed by atoms with van der Waals surface area (Å²) in [6.45, 7) is 0. The minimum absolute atomic E-state index is 0.663. The summed E-state index contributed by atoms with van der Waals surface area (Å²) in [5.41, 5.74) is 10.2. The van der Waals surface area contributed by atoms with Gasteiger partial charge in [-0.05, 0) is 58.6 Å². The SMILES string of the molecule is c1ccc(-c2nc(-c3cccc4c(-n5c6ccc7cccc8oc9cccc%10ccc5c(c%109)c6c78)cccc34)nc3c2oc2ccccc23)cc1. The fraction of sp³-hybridized carbons (Fsp3) is 0. The predicted octanol–water partition coefficient (Wildman–Crippen LogP) is 12.5. The predicted molar refractivity (Wildman–Crippen MR) is 208 cm³/mol. The fourth-order valence-corrected chi connectivity index (χ4v) is 8.41. The summed E-state index contributed by atoms with van der Waals surface area (Å²) in [5.74, 6) is 0.663. The van der Waals surface area contributed by atoms with Crippen LogP contribution in [0.25, 0.3) is 116 Å². The average molecular weight is 652 g/mol. The van der Waals surface area contributed by atoms with Gasteiger partial charge in [0.25, 0.3) is 0 Å². The molecule has 8 aromatic carbocycles. The van der Waals surface area contributed by atoms with Crippen LogP contribution in [0.15, 0.2) is 160 Å². The van der Waals surface area contributed by atoms with Crippen LogP contribution in [0.5, 0.6) is 0 Å². The number of hydrogen-bond donors (Lipinski definition) is 0. The fourth-order valence-electron chi connectivity index (χ4n) is 8.41. The van der Waals surface area contributed by atoms with Crippen LogP contribution in [0.3, 0.4) is 0 Å². The molecule has 0 unspecified atom stereocenters. The molecular formula is C46H25N3O2. The number of para-hydroxylation sites is 1. The van der Waals surface area contributed by atoms with Crippen molar-refractivity contribution < 1.29 is 8.83 Å². The summed E-state index contributed by atoms with van der Waals surface area (Å²) in [6, 6.07) is 53.0. The van der Waals surface area contributed by atoms with E-state index in [0.29, 0.717) is 11.4 Å². The van der Waals surface area contributed by atoms with Crippen molar-refractivity contribution in [1.29, 1.82) is 0 Å². The number of rotatable bonds is 3. The molecule has 0 amide bonds. The van der Waals surface area contributed by atoms with E-state index in [1.807, 2.05) is 36.4 Å². The molecule has 236 valence electrons. The van der Waals surface area contributed by atoms with Gasteiger partial charge in [-0.15, -0.1) is 0 Å². The zero-order chi connectivity index (χ0) is 33.2. The number of nitrogens with zero attached hydrogens (tertiary/aromatic N) is 3. The minimum Gasteiger partial charge on any atom is -0.456 e. The molecule has 4 aromatic heterocycles. The molecular weight excluding hydrogens is 627 g/mol. The molecule has 0 spiro atoms. The van der Waals surface area contributed by atoms with Crippen LogP contribution in [0.2, 0.25) is 0 Å². The molecule has 51 heavy (non-hydrogen) atoms. The summed E-state index contributed by atoms with van der Waals surface area (Å²) >= 11 is 0. The van der Waals surface area contributed by atoms with E-state index >= 15 is 0 Å². The third-order valence-electron chi connectivity index (χ3n) is 10.6. The Hall–Kier alpha value is -6.98. The number of fused-ring (bicyclic) bond motifs is 4. The summed E-state index contributed by atoms with van der Waals surface area (Å²) in [7, 11) is 0. The lowest BCUT2D eigenvalue weighted by atomic mass is 10.00. The van der Waals surface area contributed by atoms with Gasteiger partial charge in [0, 0.05) is 43.4 Å². The van der Waals surface area contributed by atoms with Crippen molar-refractivity contribution in [2.24, 2.45) is 0 Å². The molecule has 5 heteroatoms. The summed E-state index contributed by atoms with van der Waals surface area (Å²) in [6.07, 6.45) is 0. The second kappa shape index (κ2) is 9.80. The van der Waals surface area contributed by atoms with Crippen LogP contribution in [0, 0.1) is 0 Å². The lowest BCUT2D eigenvalue weighted by Crippen LogP contribution is -1.98. The summed E-state index contributed by atoms with van der Waals surface area (Å²) in [4.78, 5) is 10.5. The second-order valence-electron chi connectivity index (χ2n) is 13.3. The lowest BCUT2D eigenvalue weighted by Gasteiger charge is -2.14. The summed E-state index contributed by atoms with van der Waals surface area (Å²) < 4.78 is 15.5. The Morgan fingerprint density at radius 1 is 0.431 bits per heavy atom. The Bertz CT molecular complexity index is 3260. The molecule has 0 aliphatic carbocycles. The van der Waals surface area contributed by atoms with Crippen LogP contribution in [-0.2, 0) is 0 Å². The summed E-state index contributed by atoms with van der Waals surface area (Å²) in [5, 5.41) is 10.2. The third kappa shape index (κ3) is 3.59. The first kappa shape index (κ1) is 26.9. The molecule has 0 aliphatic rings. The van der Waals surface area contributed by atoms with E-state index in [1.165, 1.54) is 10.8 Å². The highest BCUT2D eigenvalue weighted by Gasteiger charge is 2.23. The van der Waals surface area contributed by atoms with E-state index in [4.69, 9.17) is 18.8 Å². The van der Waals surface area contributed by atoms with E-state index in [1.54, 1.807) is 0 Å². The first-order valence-corrected chi connectivity index (χ1v) is 17.2. The molecule has 12 rings (SSSR count). The number of furan rings is 1. The largest absolute Gasteiger partial charge is 0.456 e. The highest BCUT2D eigenvalue weighted by molar-refractivity contribution is 6.33. The van der Waals surface area contributed by atoms with E-state index in [9.17, 15) is 0 Å². The Labute approximate surface area is 289 Å². The minimum atomic E-state index is 0.663. The standard InChI is InChI=1S/C46H25N3O2/c1-2-10-28(11-3-1)43-45-44(32-14-4-5-19-36(32)51-45)48-46(47-43)31-17-8-16-30-29(31)15-9-18-33(30)49-34-24-22-26-12-6-20-37-39(26)41(34)42-35(49)25-23-27-13-7-21-38(50-37)40(27)42/h1-25H. The third-order valence-corrected chi connectivity index (χ3v) is 10.6. The van der Waals surface area contributed by atoms with Crippen LogP contribution in [-0.4, -0.2) is 14.5 Å². The first-order chi connectivity index (χ1) is 25.3. The Balaban J connectivity index is 1.18. The zero-order valence-corrected chi connectivity index (χ0v) is 27.1. The Morgan fingerprint density at radius 2 is 1.06 bits per heavy atom. The molecule has 0 radical (unpaired) electrons. The van der Waals surface area contributed by atoms with Gasteiger partial charge in [0.1, 0.15) is 28.0 Å². The van der Waals surface area contributed by atoms with Crippen molar-refractivity contribution in [1.82, 2.24) is 14.5 Å². The van der Waals surface area contributed by atoms with Gasteiger partial charge in [-0.3, -0.25) is 0 Å². The van der Waals surface area contributed by atoms with Gasteiger partial charge in [0.15, 0.2) is 11.4 Å². The van der Waals surface area contributed by atoms with Crippen LogP contribution >= 0.6 is 0 Å². The molecule has 12 aromatic rings. The van der Waals surface area contributed by atoms with Crippen LogP contribution in [0.1, 0.15) is 0 Å². The molecule has 0 fully saturated rings. The number of hydrogen-bond acceptors (Lipinski definition) is 4. The van der Waals surface area contributed by atoms with Gasteiger partial charge in [-0.2, -0.15) is 0 Å². The molecule has 0 bridgehead atoms. The number of aromatic nitrogens is 3. The second-order valence-corrected chi connectivity index (χ2v) is 13.3. The Morgan fingerprint density at radius 3 is 1.82 bits per heavy atom. The smallest absolute Gasteiger partial charge is 0.180 e. The highest BCUT2D eigenvalue weighted by atomic mass is 16.3. The maximum Gasteiger partial charge on any atom is 0.180 e. The van der Waals surface area contributed by atoms with E-state index < -0.39 is 0 Å². The van der Waals surface area contributed by atoms with Crippen molar-refractivity contribution >= 4 is 87.4 Å². The maximum absolute atomic E-state index is 6.66. The normalized spacial score (nSPS) is 12.3. The monoisotopic (exact) mass is 651 g/mol. The molecule has 0 N–H and O–H groups in total. The average Bonchev–Trinajstić information content (AvgIpc) is 3.68. The number of benzene rings is 8.